The topological polar surface area (TPSA) is 82.7 Å². The largest absolute Gasteiger partial charge is 0.408 e. The van der Waals surface area contributed by atoms with Crippen molar-refractivity contribution in [3.63, 3.8) is 0 Å². The number of aliphatic hydroxyl groups excluding tert-OH is 1. The average Bonchev–Trinajstić information content (AvgIpc) is 2.96. The molecule has 7 heteroatoms. The fraction of sp³-hybridized carbons (Fsp3) is 0.812. The van der Waals surface area contributed by atoms with Crippen molar-refractivity contribution in [1.82, 2.24) is 15.1 Å². The molecule has 3 rings (SSSR count). The molecule has 1 amide bonds. The predicted octanol–water partition coefficient (Wildman–Crippen LogP) is 1.22. The number of β-amino-alcohol motifs (C(OH)–C–C–N with tert-alkyl or cyclic N) is 1. The van der Waals surface area contributed by atoms with Crippen LogP contribution in [-0.4, -0.2) is 58.4 Å². The Kier molecular flexibility index (Phi) is 4.57. The predicted molar refractivity (Wildman–Crippen MR) is 85.1 cm³/mol. The first kappa shape index (κ1) is 16.2. The van der Waals surface area contributed by atoms with Gasteiger partial charge in [-0.1, -0.05) is 12.0 Å². The van der Waals surface area contributed by atoms with Crippen LogP contribution in [0, 0.1) is 5.41 Å². The van der Waals surface area contributed by atoms with Gasteiger partial charge in [0.25, 0.3) is 0 Å². The van der Waals surface area contributed by atoms with E-state index in [0.717, 1.165) is 51.7 Å². The van der Waals surface area contributed by atoms with Crippen molar-refractivity contribution in [2.45, 2.75) is 52.1 Å². The van der Waals surface area contributed by atoms with E-state index in [1.54, 1.807) is 11.8 Å². The molecule has 1 aromatic rings. The van der Waals surface area contributed by atoms with E-state index in [9.17, 15) is 9.90 Å². The van der Waals surface area contributed by atoms with Gasteiger partial charge in [-0.3, -0.25) is 4.79 Å². The third kappa shape index (κ3) is 3.49. The first-order valence-electron chi connectivity index (χ1n) is 8.52. The van der Waals surface area contributed by atoms with Gasteiger partial charge in [0.15, 0.2) is 0 Å². The third-order valence-corrected chi connectivity index (χ3v) is 5.09. The summed E-state index contributed by atoms with van der Waals surface area (Å²) in [5.41, 5.74) is 0.0199. The van der Waals surface area contributed by atoms with Gasteiger partial charge in [0.05, 0.1) is 6.10 Å². The number of nitrogens with zero attached hydrogens (tertiary/aromatic N) is 4. The van der Waals surface area contributed by atoms with Crippen LogP contribution in [0.3, 0.4) is 0 Å². The van der Waals surface area contributed by atoms with E-state index in [-0.39, 0.29) is 11.3 Å². The number of hydrogen-bond acceptors (Lipinski definition) is 6. The highest BCUT2D eigenvalue weighted by Crippen LogP contribution is 2.40. The molecule has 23 heavy (non-hydrogen) atoms. The smallest absolute Gasteiger partial charge is 0.318 e. The second-order valence-electron chi connectivity index (χ2n) is 6.97. The monoisotopic (exact) mass is 322 g/mol. The van der Waals surface area contributed by atoms with E-state index in [4.69, 9.17) is 4.42 Å². The van der Waals surface area contributed by atoms with E-state index in [1.165, 1.54) is 0 Å². The number of piperidine rings is 2. The van der Waals surface area contributed by atoms with Crippen LogP contribution >= 0.6 is 0 Å². The molecule has 0 aliphatic carbocycles. The normalized spacial score (nSPS) is 24.2. The van der Waals surface area contributed by atoms with Gasteiger partial charge >= 0.3 is 6.01 Å². The minimum atomic E-state index is -0.418. The highest BCUT2D eigenvalue weighted by Gasteiger charge is 2.42. The standard InChI is InChI=1S/C16H26N4O3/c1-3-4-14-17-18-15(23-14)19-7-5-16(6-8-19)9-13(22)10-20(11-16)12(2)21/h13,22H,3-11H2,1-2H3. The molecule has 0 saturated carbocycles. The lowest BCUT2D eigenvalue weighted by Crippen LogP contribution is -2.55. The molecule has 3 heterocycles. The minimum absolute atomic E-state index is 0.0199. The van der Waals surface area contributed by atoms with Gasteiger partial charge in [-0.05, 0) is 31.1 Å². The molecule has 1 N–H and O–H groups in total. The number of aliphatic hydroxyl groups is 1. The maximum Gasteiger partial charge on any atom is 0.318 e. The third-order valence-electron chi connectivity index (χ3n) is 5.09. The van der Waals surface area contributed by atoms with Crippen molar-refractivity contribution < 1.29 is 14.3 Å². The Balaban J connectivity index is 1.63. The van der Waals surface area contributed by atoms with Crippen LogP contribution in [0.4, 0.5) is 6.01 Å². The fourth-order valence-corrected chi connectivity index (χ4v) is 3.81. The van der Waals surface area contributed by atoms with Crippen LogP contribution in [0.2, 0.25) is 0 Å². The van der Waals surface area contributed by atoms with Gasteiger partial charge in [0, 0.05) is 39.5 Å². The highest BCUT2D eigenvalue weighted by atomic mass is 16.4. The summed E-state index contributed by atoms with van der Waals surface area (Å²) in [6.07, 6.45) is 4.01. The molecule has 1 unspecified atom stereocenters. The molecule has 1 atom stereocenters. The van der Waals surface area contributed by atoms with E-state index < -0.39 is 6.10 Å². The molecule has 0 aromatic carbocycles. The number of amides is 1. The molecular formula is C16H26N4O3. The molecule has 0 bridgehead atoms. The van der Waals surface area contributed by atoms with Gasteiger partial charge < -0.3 is 19.3 Å². The maximum absolute atomic E-state index is 11.7. The molecule has 2 fully saturated rings. The number of likely N-dealkylation sites (tertiary alicyclic amines) is 1. The summed E-state index contributed by atoms with van der Waals surface area (Å²) >= 11 is 0. The Morgan fingerprint density at radius 3 is 2.78 bits per heavy atom. The molecule has 128 valence electrons. The summed E-state index contributed by atoms with van der Waals surface area (Å²) in [7, 11) is 0. The SMILES string of the molecule is CCCc1nnc(N2CCC3(CC2)CC(O)CN(C(C)=O)C3)o1. The van der Waals surface area contributed by atoms with Gasteiger partial charge in [-0.15, -0.1) is 5.10 Å². The Morgan fingerprint density at radius 1 is 1.39 bits per heavy atom. The van der Waals surface area contributed by atoms with E-state index >= 15 is 0 Å². The van der Waals surface area contributed by atoms with Crippen molar-refractivity contribution in [1.29, 1.82) is 0 Å². The second-order valence-corrected chi connectivity index (χ2v) is 6.97. The molecule has 0 radical (unpaired) electrons. The van der Waals surface area contributed by atoms with Crippen LogP contribution in [-0.2, 0) is 11.2 Å². The number of rotatable bonds is 3. The summed E-state index contributed by atoms with van der Waals surface area (Å²) in [5.74, 6) is 0.741. The minimum Gasteiger partial charge on any atom is -0.408 e. The zero-order valence-corrected chi connectivity index (χ0v) is 14.0. The molecule has 2 saturated heterocycles. The quantitative estimate of drug-likeness (QED) is 0.901. The molecular weight excluding hydrogens is 296 g/mol. The summed E-state index contributed by atoms with van der Waals surface area (Å²) in [6.45, 7) is 6.53. The van der Waals surface area contributed by atoms with E-state index in [2.05, 4.69) is 22.0 Å². The fourth-order valence-electron chi connectivity index (χ4n) is 3.81. The zero-order chi connectivity index (χ0) is 16.4. The number of aryl methyl sites for hydroxylation is 1. The lowest BCUT2D eigenvalue weighted by molar-refractivity contribution is -0.137. The van der Waals surface area contributed by atoms with E-state index in [0.29, 0.717) is 18.5 Å². The van der Waals surface area contributed by atoms with Gasteiger partial charge in [-0.25, -0.2) is 0 Å². The van der Waals surface area contributed by atoms with Crippen LogP contribution in [0.1, 0.15) is 45.4 Å². The van der Waals surface area contributed by atoms with Crippen molar-refractivity contribution in [3.8, 4) is 0 Å². The number of carbonyl (C=O) groups excluding carboxylic acids is 1. The number of anilines is 1. The molecule has 1 spiro atoms. The van der Waals surface area contributed by atoms with Crippen LogP contribution < -0.4 is 4.90 Å². The number of carbonyl (C=O) groups is 1. The highest BCUT2D eigenvalue weighted by molar-refractivity contribution is 5.73. The Morgan fingerprint density at radius 2 is 2.13 bits per heavy atom. The second kappa shape index (κ2) is 6.47. The van der Waals surface area contributed by atoms with Gasteiger partial charge in [0.2, 0.25) is 11.8 Å². The summed E-state index contributed by atoms with van der Waals surface area (Å²) in [5, 5.41) is 18.4. The number of aromatic nitrogens is 2. The van der Waals surface area contributed by atoms with E-state index in [1.807, 2.05) is 0 Å². The van der Waals surface area contributed by atoms with Gasteiger partial charge in [0.1, 0.15) is 0 Å². The van der Waals surface area contributed by atoms with Crippen LogP contribution in [0.5, 0.6) is 0 Å². The van der Waals surface area contributed by atoms with Gasteiger partial charge in [-0.2, -0.15) is 0 Å². The zero-order valence-electron chi connectivity index (χ0n) is 14.0. The maximum atomic E-state index is 11.7. The van der Waals surface area contributed by atoms with Crippen molar-refractivity contribution in [2.75, 3.05) is 31.1 Å². The summed E-state index contributed by atoms with van der Waals surface area (Å²) in [6, 6.07) is 0.600. The van der Waals surface area contributed by atoms with Crippen molar-refractivity contribution >= 4 is 11.9 Å². The Bertz CT molecular complexity index is 551. The number of hydrogen-bond donors (Lipinski definition) is 1. The summed E-state index contributed by atoms with van der Waals surface area (Å²) < 4.78 is 5.71. The summed E-state index contributed by atoms with van der Waals surface area (Å²) in [4.78, 5) is 15.6. The van der Waals surface area contributed by atoms with Crippen molar-refractivity contribution in [2.24, 2.45) is 5.41 Å². The molecule has 1 aromatic heterocycles. The lowest BCUT2D eigenvalue weighted by Gasteiger charge is -2.48. The van der Waals surface area contributed by atoms with Crippen LogP contribution in [0.15, 0.2) is 4.42 Å². The molecule has 2 aliphatic rings. The first-order valence-corrected chi connectivity index (χ1v) is 8.52. The molecule has 7 nitrogen and oxygen atoms in total. The van der Waals surface area contributed by atoms with Crippen molar-refractivity contribution in [3.05, 3.63) is 5.89 Å². The molecule has 2 aliphatic heterocycles. The van der Waals surface area contributed by atoms with Crippen LogP contribution in [0.25, 0.3) is 0 Å². The Hall–Kier alpha value is -1.63. The first-order chi connectivity index (χ1) is 11.0. The lowest BCUT2D eigenvalue weighted by atomic mass is 9.71. The average molecular weight is 322 g/mol. The Labute approximate surface area is 136 Å².